The van der Waals surface area contributed by atoms with Crippen molar-refractivity contribution >= 4 is 11.9 Å². The fraction of sp³-hybridized carbons (Fsp3) is 0.467. The maximum atomic E-state index is 12.8. The number of nitrogens with one attached hydrogen (secondary N) is 1. The van der Waals surface area contributed by atoms with Gasteiger partial charge in [-0.25, -0.2) is 9.18 Å². The second-order valence-corrected chi connectivity index (χ2v) is 5.38. The van der Waals surface area contributed by atoms with Gasteiger partial charge in [-0.15, -0.1) is 0 Å². The molecule has 5 nitrogen and oxygen atoms in total. The van der Waals surface area contributed by atoms with Crippen LogP contribution in [0.1, 0.15) is 25.8 Å². The standard InChI is InChI=1S/C15H20FNO4/c1-9(2)7-13(18)14(19)17-12(15(20)21)8-10-3-5-11(16)6-4-10/h3-6,9,12-13,18H,7-8H2,1-2H3,(H,17,19)(H,20,21)/t12-,13+/m0/s1. The van der Waals surface area contributed by atoms with Crippen molar-refractivity contribution in [3.05, 3.63) is 35.6 Å². The number of aliphatic hydroxyl groups excluding tert-OH is 1. The zero-order valence-electron chi connectivity index (χ0n) is 12.0. The van der Waals surface area contributed by atoms with E-state index in [0.29, 0.717) is 5.56 Å². The Balaban J connectivity index is 2.67. The summed E-state index contributed by atoms with van der Waals surface area (Å²) in [5.41, 5.74) is 0.586. The van der Waals surface area contributed by atoms with Crippen molar-refractivity contribution in [2.75, 3.05) is 0 Å². The molecule has 1 aromatic carbocycles. The molecule has 6 heteroatoms. The van der Waals surface area contributed by atoms with Gasteiger partial charge in [0.1, 0.15) is 18.0 Å². The summed E-state index contributed by atoms with van der Waals surface area (Å²) >= 11 is 0. The average molecular weight is 297 g/mol. The highest BCUT2D eigenvalue weighted by atomic mass is 19.1. The quantitative estimate of drug-likeness (QED) is 0.709. The van der Waals surface area contributed by atoms with E-state index in [1.807, 2.05) is 13.8 Å². The van der Waals surface area contributed by atoms with Gasteiger partial charge in [0.25, 0.3) is 0 Å². The van der Waals surface area contributed by atoms with E-state index in [4.69, 9.17) is 5.11 Å². The number of carbonyl (C=O) groups excluding carboxylic acids is 1. The first-order valence-corrected chi connectivity index (χ1v) is 6.75. The maximum Gasteiger partial charge on any atom is 0.326 e. The molecule has 1 rings (SSSR count). The van der Waals surface area contributed by atoms with Crippen molar-refractivity contribution in [3.63, 3.8) is 0 Å². The summed E-state index contributed by atoms with van der Waals surface area (Å²) in [5, 5.41) is 21.1. The number of hydrogen-bond donors (Lipinski definition) is 3. The van der Waals surface area contributed by atoms with Crippen molar-refractivity contribution in [1.29, 1.82) is 0 Å². The Labute approximate surface area is 122 Å². The van der Waals surface area contributed by atoms with Crippen LogP contribution in [0.5, 0.6) is 0 Å². The fourth-order valence-electron chi connectivity index (χ4n) is 1.88. The highest BCUT2D eigenvalue weighted by molar-refractivity contribution is 5.86. The number of rotatable bonds is 7. The Kier molecular flexibility index (Phi) is 6.30. The van der Waals surface area contributed by atoms with Gasteiger partial charge in [-0.1, -0.05) is 26.0 Å². The van der Waals surface area contributed by atoms with E-state index in [0.717, 1.165) is 0 Å². The molecule has 0 heterocycles. The number of carboxylic acids is 1. The predicted molar refractivity (Wildman–Crippen MR) is 75.1 cm³/mol. The minimum absolute atomic E-state index is 0.0236. The van der Waals surface area contributed by atoms with Gasteiger partial charge in [-0.05, 0) is 30.0 Å². The van der Waals surface area contributed by atoms with Crippen molar-refractivity contribution in [3.8, 4) is 0 Å². The molecule has 0 aliphatic heterocycles. The summed E-state index contributed by atoms with van der Waals surface area (Å²) in [7, 11) is 0. The minimum atomic E-state index is -1.24. The number of carboxylic acid groups (broad SMARTS) is 1. The molecule has 1 amide bonds. The summed E-state index contributed by atoms with van der Waals surface area (Å²) in [6.45, 7) is 3.70. The minimum Gasteiger partial charge on any atom is -0.480 e. The number of aliphatic hydroxyl groups is 1. The average Bonchev–Trinajstić information content (AvgIpc) is 2.39. The van der Waals surface area contributed by atoms with Crippen molar-refractivity contribution < 1.29 is 24.2 Å². The first kappa shape index (κ1) is 17.1. The van der Waals surface area contributed by atoms with Crippen molar-refractivity contribution in [1.82, 2.24) is 5.32 Å². The van der Waals surface area contributed by atoms with Gasteiger partial charge in [0.05, 0.1) is 0 Å². The molecule has 116 valence electrons. The van der Waals surface area contributed by atoms with Crippen molar-refractivity contribution in [2.45, 2.75) is 38.8 Å². The molecule has 3 N–H and O–H groups in total. The van der Waals surface area contributed by atoms with Crippen LogP contribution in [0.15, 0.2) is 24.3 Å². The van der Waals surface area contributed by atoms with Crippen LogP contribution in [0.2, 0.25) is 0 Å². The lowest BCUT2D eigenvalue weighted by molar-refractivity contribution is -0.143. The van der Waals surface area contributed by atoms with Crippen LogP contribution >= 0.6 is 0 Å². The lowest BCUT2D eigenvalue weighted by Gasteiger charge is -2.18. The number of hydrogen-bond acceptors (Lipinski definition) is 3. The molecule has 0 bridgehead atoms. The Morgan fingerprint density at radius 2 is 1.81 bits per heavy atom. The molecular weight excluding hydrogens is 277 g/mol. The lowest BCUT2D eigenvalue weighted by atomic mass is 10.0. The highest BCUT2D eigenvalue weighted by Crippen LogP contribution is 2.08. The fourth-order valence-corrected chi connectivity index (χ4v) is 1.88. The lowest BCUT2D eigenvalue weighted by Crippen LogP contribution is -2.46. The molecule has 0 unspecified atom stereocenters. The number of amides is 1. The van der Waals surface area contributed by atoms with Gasteiger partial charge in [0, 0.05) is 6.42 Å². The van der Waals surface area contributed by atoms with Gasteiger partial charge in [0.2, 0.25) is 5.91 Å². The smallest absolute Gasteiger partial charge is 0.326 e. The Bertz CT molecular complexity index is 487. The van der Waals surface area contributed by atoms with E-state index < -0.39 is 29.8 Å². The third-order valence-electron chi connectivity index (χ3n) is 2.96. The third kappa shape index (κ3) is 5.91. The Morgan fingerprint density at radius 1 is 1.24 bits per heavy atom. The highest BCUT2D eigenvalue weighted by Gasteiger charge is 2.24. The van der Waals surface area contributed by atoms with Crippen LogP contribution in [0.3, 0.4) is 0 Å². The normalized spacial score (nSPS) is 13.8. The van der Waals surface area contributed by atoms with Crippen LogP contribution in [0, 0.1) is 11.7 Å². The molecular formula is C15H20FNO4. The summed E-state index contributed by atoms with van der Waals surface area (Å²) in [6, 6.07) is 4.21. The molecule has 0 radical (unpaired) electrons. The summed E-state index contributed by atoms with van der Waals surface area (Å²) in [4.78, 5) is 22.9. The number of halogens is 1. The largest absolute Gasteiger partial charge is 0.480 e. The molecule has 0 aliphatic rings. The van der Waals surface area contributed by atoms with Gasteiger partial charge in [0.15, 0.2) is 0 Å². The molecule has 0 aliphatic carbocycles. The molecule has 2 atom stereocenters. The van der Waals surface area contributed by atoms with Gasteiger partial charge in [-0.3, -0.25) is 4.79 Å². The van der Waals surface area contributed by atoms with Gasteiger partial charge in [-0.2, -0.15) is 0 Å². The van der Waals surface area contributed by atoms with E-state index in [9.17, 15) is 19.1 Å². The third-order valence-corrected chi connectivity index (χ3v) is 2.96. The molecule has 21 heavy (non-hydrogen) atoms. The van der Waals surface area contributed by atoms with E-state index in [1.54, 1.807) is 0 Å². The van der Waals surface area contributed by atoms with Crippen LogP contribution in [-0.2, 0) is 16.0 Å². The molecule has 0 aromatic heterocycles. The van der Waals surface area contributed by atoms with E-state index in [2.05, 4.69) is 5.32 Å². The van der Waals surface area contributed by atoms with Crippen molar-refractivity contribution in [2.24, 2.45) is 5.92 Å². The molecule has 0 saturated heterocycles. The summed E-state index contributed by atoms with van der Waals surface area (Å²) < 4.78 is 12.8. The van der Waals surface area contributed by atoms with Gasteiger partial charge >= 0.3 is 5.97 Å². The number of benzene rings is 1. The van der Waals surface area contributed by atoms with Crippen LogP contribution in [0.25, 0.3) is 0 Å². The van der Waals surface area contributed by atoms with Gasteiger partial charge < -0.3 is 15.5 Å². The summed E-state index contributed by atoms with van der Waals surface area (Å²) in [6.07, 6.45) is -0.954. The zero-order chi connectivity index (χ0) is 16.0. The number of carbonyl (C=O) groups is 2. The zero-order valence-corrected chi connectivity index (χ0v) is 12.0. The maximum absolute atomic E-state index is 12.8. The molecule has 0 spiro atoms. The van der Waals surface area contributed by atoms with E-state index >= 15 is 0 Å². The summed E-state index contributed by atoms with van der Waals surface area (Å²) in [5.74, 6) is -2.21. The monoisotopic (exact) mass is 297 g/mol. The van der Waals surface area contributed by atoms with E-state index in [1.165, 1.54) is 24.3 Å². The molecule has 0 fully saturated rings. The Hall–Kier alpha value is -1.95. The topological polar surface area (TPSA) is 86.6 Å². The second kappa shape index (κ2) is 7.73. The SMILES string of the molecule is CC(C)C[C@@H](O)C(=O)N[C@@H](Cc1ccc(F)cc1)C(=O)O. The van der Waals surface area contributed by atoms with Crippen LogP contribution < -0.4 is 5.32 Å². The van der Waals surface area contributed by atoms with E-state index in [-0.39, 0.29) is 18.8 Å². The number of aliphatic carboxylic acids is 1. The first-order chi connectivity index (χ1) is 9.79. The van der Waals surface area contributed by atoms with Crippen LogP contribution in [-0.4, -0.2) is 34.2 Å². The predicted octanol–water partition coefficient (Wildman–Crippen LogP) is 1.34. The van der Waals surface area contributed by atoms with Crippen LogP contribution in [0.4, 0.5) is 4.39 Å². The molecule has 1 aromatic rings. The second-order valence-electron chi connectivity index (χ2n) is 5.38. The first-order valence-electron chi connectivity index (χ1n) is 6.75. The Morgan fingerprint density at radius 3 is 2.29 bits per heavy atom. The molecule has 0 saturated carbocycles.